The van der Waals surface area contributed by atoms with Gasteiger partial charge in [-0.2, -0.15) is 0 Å². The Bertz CT molecular complexity index is 992. The van der Waals surface area contributed by atoms with Crippen molar-refractivity contribution in [3.8, 4) is 0 Å². The molecule has 0 amide bonds. The molecule has 1 saturated carbocycles. The highest BCUT2D eigenvalue weighted by atomic mass is 16.5. The highest BCUT2D eigenvalue weighted by Crippen LogP contribution is 2.36. The van der Waals surface area contributed by atoms with Gasteiger partial charge in [-0.15, -0.1) is 0 Å². The number of esters is 1. The van der Waals surface area contributed by atoms with E-state index in [1.807, 2.05) is 36.4 Å². The molecule has 1 fully saturated rings. The minimum absolute atomic E-state index is 0.0612. The molecule has 0 bridgehead atoms. The molecule has 1 aliphatic rings. The first-order chi connectivity index (χ1) is 16.2. The van der Waals surface area contributed by atoms with Crippen LogP contribution >= 0.6 is 0 Å². The van der Waals surface area contributed by atoms with E-state index in [2.05, 4.69) is 69.6 Å². The van der Waals surface area contributed by atoms with Crippen LogP contribution in [0.25, 0.3) is 0 Å². The average Bonchev–Trinajstić information content (AvgIpc) is 2.88. The SMILES string of the molecule is C[B][C@@H](c1ccccc1)C(COC(=O)c1ccc(C2CCC(C)CC2)cc1)c1ccccc1. The standard InChI is InChI=1S/C30H34BO2/c1-22-13-15-23(16-14-22)24-17-19-27(20-18-24)30(32)33-21-28(25-9-5-3-6-10-25)29(31-2)26-11-7-4-8-12-26/h3-12,17-20,22-23,28-29H,13-16,21H2,1-2H3/t22?,23?,28?,29-/m0/s1. The van der Waals surface area contributed by atoms with E-state index in [4.69, 9.17) is 4.74 Å². The van der Waals surface area contributed by atoms with Crippen LogP contribution in [0.3, 0.4) is 0 Å². The summed E-state index contributed by atoms with van der Waals surface area (Å²) in [5.41, 5.74) is 4.40. The number of benzene rings is 3. The van der Waals surface area contributed by atoms with E-state index in [1.165, 1.54) is 42.4 Å². The van der Waals surface area contributed by atoms with Crippen LogP contribution < -0.4 is 0 Å². The maximum atomic E-state index is 12.9. The average molecular weight is 437 g/mol. The number of hydrogen-bond donors (Lipinski definition) is 0. The van der Waals surface area contributed by atoms with Gasteiger partial charge in [0.05, 0.1) is 12.2 Å². The lowest BCUT2D eigenvalue weighted by Gasteiger charge is -2.27. The third kappa shape index (κ3) is 5.96. The Kier molecular flexibility index (Phi) is 8.04. The fourth-order valence-corrected chi connectivity index (χ4v) is 5.17. The molecule has 1 aliphatic carbocycles. The van der Waals surface area contributed by atoms with Gasteiger partial charge in [0, 0.05) is 5.92 Å². The van der Waals surface area contributed by atoms with Crippen LogP contribution in [0.15, 0.2) is 84.9 Å². The Morgan fingerprint density at radius 1 is 0.848 bits per heavy atom. The predicted molar refractivity (Wildman–Crippen MR) is 137 cm³/mol. The van der Waals surface area contributed by atoms with Crippen molar-refractivity contribution in [3.05, 3.63) is 107 Å². The molecule has 3 aromatic carbocycles. The molecule has 3 heteroatoms. The van der Waals surface area contributed by atoms with Gasteiger partial charge in [0.15, 0.2) is 0 Å². The summed E-state index contributed by atoms with van der Waals surface area (Å²) in [5, 5.41) is 0. The number of hydrogen-bond acceptors (Lipinski definition) is 2. The maximum absolute atomic E-state index is 12.9. The van der Waals surface area contributed by atoms with Gasteiger partial charge in [-0.05, 0) is 53.8 Å². The van der Waals surface area contributed by atoms with Crippen molar-refractivity contribution in [2.24, 2.45) is 5.92 Å². The smallest absolute Gasteiger partial charge is 0.338 e. The molecule has 0 heterocycles. The topological polar surface area (TPSA) is 26.3 Å². The first-order valence-corrected chi connectivity index (χ1v) is 12.3. The predicted octanol–water partition coefficient (Wildman–Crippen LogP) is 7.41. The highest BCUT2D eigenvalue weighted by molar-refractivity contribution is 6.36. The molecule has 169 valence electrons. The van der Waals surface area contributed by atoms with Crippen LogP contribution in [-0.2, 0) is 4.74 Å². The minimum atomic E-state index is -0.248. The van der Waals surface area contributed by atoms with Crippen LogP contribution in [0.2, 0.25) is 6.82 Å². The molecule has 3 aromatic rings. The van der Waals surface area contributed by atoms with Crippen molar-refractivity contribution in [2.45, 2.75) is 57.1 Å². The molecule has 0 spiro atoms. The lowest BCUT2D eigenvalue weighted by Crippen LogP contribution is -2.22. The molecule has 0 aliphatic heterocycles. The van der Waals surface area contributed by atoms with Crippen molar-refractivity contribution in [1.29, 1.82) is 0 Å². The molecule has 0 N–H and O–H groups in total. The van der Waals surface area contributed by atoms with Crippen LogP contribution in [0.4, 0.5) is 0 Å². The molecule has 4 rings (SSSR count). The molecule has 2 nitrogen and oxygen atoms in total. The molecule has 33 heavy (non-hydrogen) atoms. The maximum Gasteiger partial charge on any atom is 0.338 e. The Morgan fingerprint density at radius 2 is 1.42 bits per heavy atom. The van der Waals surface area contributed by atoms with Gasteiger partial charge in [0.25, 0.3) is 0 Å². The lowest BCUT2D eigenvalue weighted by molar-refractivity contribution is 0.0476. The van der Waals surface area contributed by atoms with E-state index < -0.39 is 0 Å². The summed E-state index contributed by atoms with van der Waals surface area (Å²) in [6, 6.07) is 28.9. The number of rotatable bonds is 8. The quantitative estimate of drug-likeness (QED) is 0.271. The van der Waals surface area contributed by atoms with Crippen molar-refractivity contribution < 1.29 is 9.53 Å². The molecule has 1 unspecified atom stereocenters. The van der Waals surface area contributed by atoms with E-state index >= 15 is 0 Å². The van der Waals surface area contributed by atoms with Crippen molar-refractivity contribution in [2.75, 3.05) is 6.61 Å². The zero-order chi connectivity index (χ0) is 23.0. The van der Waals surface area contributed by atoms with Crippen molar-refractivity contribution >= 4 is 13.2 Å². The summed E-state index contributed by atoms with van der Waals surface area (Å²) in [5.74, 6) is 1.44. The van der Waals surface area contributed by atoms with Gasteiger partial charge in [0.1, 0.15) is 7.28 Å². The fourth-order valence-electron chi connectivity index (χ4n) is 5.17. The molecular formula is C30H34BO2. The van der Waals surface area contributed by atoms with Crippen LogP contribution in [0.5, 0.6) is 0 Å². The monoisotopic (exact) mass is 437 g/mol. The Morgan fingerprint density at radius 3 is 2.00 bits per heavy atom. The zero-order valence-corrected chi connectivity index (χ0v) is 19.8. The summed E-state index contributed by atoms with van der Waals surface area (Å²) in [6.45, 7) is 4.77. The summed E-state index contributed by atoms with van der Waals surface area (Å²) in [7, 11) is 2.21. The number of carbonyl (C=O) groups excluding carboxylic acids is 1. The summed E-state index contributed by atoms with van der Waals surface area (Å²) in [4.78, 5) is 12.9. The Hall–Kier alpha value is -2.81. The van der Waals surface area contributed by atoms with Gasteiger partial charge in [-0.25, -0.2) is 4.79 Å². The van der Waals surface area contributed by atoms with Gasteiger partial charge < -0.3 is 4.74 Å². The summed E-state index contributed by atoms with van der Waals surface area (Å²) in [6.07, 6.45) is 5.09. The second kappa shape index (κ2) is 11.4. The second-order valence-corrected chi connectivity index (χ2v) is 9.46. The normalized spacial score (nSPS) is 19.9. The molecule has 1 radical (unpaired) electrons. The van der Waals surface area contributed by atoms with E-state index in [0.29, 0.717) is 18.1 Å². The van der Waals surface area contributed by atoms with Crippen molar-refractivity contribution in [1.82, 2.24) is 0 Å². The van der Waals surface area contributed by atoms with Crippen molar-refractivity contribution in [3.63, 3.8) is 0 Å². The van der Waals surface area contributed by atoms with Gasteiger partial charge in [0.2, 0.25) is 0 Å². The summed E-state index contributed by atoms with van der Waals surface area (Å²) < 4.78 is 5.89. The van der Waals surface area contributed by atoms with Crippen LogP contribution in [-0.4, -0.2) is 19.9 Å². The van der Waals surface area contributed by atoms with E-state index in [1.54, 1.807) is 0 Å². The minimum Gasteiger partial charge on any atom is -0.461 e. The van der Waals surface area contributed by atoms with E-state index in [9.17, 15) is 4.79 Å². The largest absolute Gasteiger partial charge is 0.461 e. The fraction of sp³-hybridized carbons (Fsp3) is 0.367. The summed E-state index contributed by atoms with van der Waals surface area (Å²) >= 11 is 0. The molecule has 0 saturated heterocycles. The van der Waals surface area contributed by atoms with Gasteiger partial charge in [-0.1, -0.05) is 105 Å². The van der Waals surface area contributed by atoms with Crippen LogP contribution in [0.1, 0.15) is 77.3 Å². The molecule has 0 aromatic heterocycles. The lowest BCUT2D eigenvalue weighted by atomic mass is 9.57. The number of carbonyl (C=O) groups is 1. The highest BCUT2D eigenvalue weighted by Gasteiger charge is 2.26. The zero-order valence-electron chi connectivity index (χ0n) is 19.8. The van der Waals surface area contributed by atoms with Gasteiger partial charge in [-0.3, -0.25) is 0 Å². The third-order valence-corrected chi connectivity index (χ3v) is 7.23. The molecular weight excluding hydrogens is 403 g/mol. The third-order valence-electron chi connectivity index (χ3n) is 7.23. The first kappa shape index (κ1) is 23.4. The van der Waals surface area contributed by atoms with Gasteiger partial charge >= 0.3 is 5.97 Å². The Labute approximate surface area is 199 Å². The van der Waals surface area contributed by atoms with E-state index in [-0.39, 0.29) is 17.7 Å². The Balaban J connectivity index is 1.45. The number of ether oxygens (including phenoxy) is 1. The molecule has 2 atom stereocenters. The first-order valence-electron chi connectivity index (χ1n) is 12.3. The van der Waals surface area contributed by atoms with E-state index in [0.717, 1.165) is 5.92 Å². The van der Waals surface area contributed by atoms with Crippen LogP contribution in [0, 0.1) is 5.92 Å². The second-order valence-electron chi connectivity index (χ2n) is 9.46.